The Morgan fingerprint density at radius 2 is 1.78 bits per heavy atom. The molecule has 0 heterocycles. The van der Waals surface area contributed by atoms with Crippen molar-refractivity contribution in [2.45, 2.75) is 52.1 Å². The van der Waals surface area contributed by atoms with Crippen LogP contribution in [0.25, 0.3) is 0 Å². The Balaban J connectivity index is 1.88. The Hall–Kier alpha value is -1.31. The van der Waals surface area contributed by atoms with Crippen molar-refractivity contribution in [1.82, 2.24) is 0 Å². The molecule has 98 valence electrons. The maximum absolute atomic E-state index is 11.2. The molecule has 0 bridgehead atoms. The van der Waals surface area contributed by atoms with Crippen molar-refractivity contribution in [3.63, 3.8) is 0 Å². The second-order valence-corrected chi connectivity index (χ2v) is 5.50. The first-order valence-corrected chi connectivity index (χ1v) is 6.91. The second-order valence-electron chi connectivity index (χ2n) is 5.50. The van der Waals surface area contributed by atoms with Crippen LogP contribution >= 0.6 is 0 Å². The van der Waals surface area contributed by atoms with Gasteiger partial charge in [0.05, 0.1) is 6.10 Å². The number of ether oxygens (including phenoxy) is 1. The molecule has 1 aromatic carbocycles. The van der Waals surface area contributed by atoms with E-state index in [1.165, 1.54) is 5.56 Å². The number of Topliss-reactive ketones (excluding diaryl/α,β-unsaturated/α-hetero) is 1. The van der Waals surface area contributed by atoms with E-state index in [0.717, 1.165) is 37.9 Å². The van der Waals surface area contributed by atoms with Gasteiger partial charge in [0.25, 0.3) is 0 Å². The van der Waals surface area contributed by atoms with Crippen LogP contribution in [0.5, 0.6) is 5.75 Å². The zero-order valence-corrected chi connectivity index (χ0v) is 11.3. The molecule has 0 aliphatic heterocycles. The SMILES string of the molecule is CC(C)Oc1ccc(CC2CCC(=O)CC2)cc1. The molecule has 18 heavy (non-hydrogen) atoms. The maximum atomic E-state index is 11.2. The van der Waals surface area contributed by atoms with Crippen LogP contribution in [-0.4, -0.2) is 11.9 Å². The third-order valence-corrected chi connectivity index (χ3v) is 3.48. The molecule has 1 aromatic rings. The van der Waals surface area contributed by atoms with Gasteiger partial charge in [-0.1, -0.05) is 12.1 Å². The minimum Gasteiger partial charge on any atom is -0.491 e. The smallest absolute Gasteiger partial charge is 0.132 e. The van der Waals surface area contributed by atoms with Gasteiger partial charge in [0.1, 0.15) is 11.5 Å². The highest BCUT2D eigenvalue weighted by molar-refractivity contribution is 5.79. The van der Waals surface area contributed by atoms with Crippen molar-refractivity contribution in [3.8, 4) is 5.75 Å². The second kappa shape index (κ2) is 6.03. The van der Waals surface area contributed by atoms with E-state index in [-0.39, 0.29) is 6.10 Å². The number of benzene rings is 1. The number of carbonyl (C=O) groups excluding carboxylic acids is 1. The molecule has 2 heteroatoms. The van der Waals surface area contributed by atoms with Crippen LogP contribution in [0.1, 0.15) is 45.1 Å². The molecule has 0 saturated heterocycles. The summed E-state index contributed by atoms with van der Waals surface area (Å²) in [7, 11) is 0. The summed E-state index contributed by atoms with van der Waals surface area (Å²) in [5.41, 5.74) is 1.35. The fourth-order valence-electron chi connectivity index (χ4n) is 2.51. The molecule has 1 aliphatic carbocycles. The highest BCUT2D eigenvalue weighted by Crippen LogP contribution is 2.26. The van der Waals surface area contributed by atoms with Gasteiger partial charge in [0.15, 0.2) is 0 Å². The highest BCUT2D eigenvalue weighted by atomic mass is 16.5. The Kier molecular flexibility index (Phi) is 4.40. The van der Waals surface area contributed by atoms with Crippen molar-refractivity contribution < 1.29 is 9.53 Å². The van der Waals surface area contributed by atoms with E-state index < -0.39 is 0 Å². The lowest BCUT2D eigenvalue weighted by molar-refractivity contribution is -0.121. The standard InChI is InChI=1S/C16H22O2/c1-12(2)18-16-9-5-14(6-10-16)11-13-3-7-15(17)8-4-13/h5-6,9-10,12-13H,3-4,7-8,11H2,1-2H3. The number of carbonyl (C=O) groups is 1. The van der Waals surface area contributed by atoms with E-state index in [1.807, 2.05) is 26.0 Å². The van der Waals surface area contributed by atoms with Crippen LogP contribution in [0.3, 0.4) is 0 Å². The van der Waals surface area contributed by atoms with Gasteiger partial charge in [-0.2, -0.15) is 0 Å². The first kappa shape index (κ1) is 13.1. The van der Waals surface area contributed by atoms with E-state index in [1.54, 1.807) is 0 Å². The molecular weight excluding hydrogens is 224 g/mol. The molecule has 1 saturated carbocycles. The number of rotatable bonds is 4. The summed E-state index contributed by atoms with van der Waals surface area (Å²) in [6.07, 6.45) is 4.99. The van der Waals surface area contributed by atoms with Crippen LogP contribution in [0.15, 0.2) is 24.3 Å². The summed E-state index contributed by atoms with van der Waals surface area (Å²) in [6.45, 7) is 4.07. The third-order valence-electron chi connectivity index (χ3n) is 3.48. The van der Waals surface area contributed by atoms with Crippen molar-refractivity contribution in [2.24, 2.45) is 5.92 Å². The molecular formula is C16H22O2. The minimum absolute atomic E-state index is 0.222. The summed E-state index contributed by atoms with van der Waals surface area (Å²) in [6, 6.07) is 8.38. The average molecular weight is 246 g/mol. The highest BCUT2D eigenvalue weighted by Gasteiger charge is 2.18. The van der Waals surface area contributed by atoms with Crippen molar-refractivity contribution in [2.75, 3.05) is 0 Å². The molecule has 0 atom stereocenters. The van der Waals surface area contributed by atoms with Gasteiger partial charge in [-0.25, -0.2) is 0 Å². The predicted molar refractivity (Wildman–Crippen MR) is 72.9 cm³/mol. The minimum atomic E-state index is 0.222. The van der Waals surface area contributed by atoms with Gasteiger partial charge < -0.3 is 4.74 Å². The molecule has 0 aromatic heterocycles. The Morgan fingerprint density at radius 3 is 2.33 bits per heavy atom. The maximum Gasteiger partial charge on any atom is 0.132 e. The first-order valence-electron chi connectivity index (χ1n) is 6.91. The van der Waals surface area contributed by atoms with Gasteiger partial charge >= 0.3 is 0 Å². The number of hydrogen-bond acceptors (Lipinski definition) is 2. The molecule has 1 fully saturated rings. The lowest BCUT2D eigenvalue weighted by atomic mass is 9.84. The average Bonchev–Trinajstić information content (AvgIpc) is 2.34. The van der Waals surface area contributed by atoms with E-state index in [4.69, 9.17) is 4.74 Å². The molecule has 0 amide bonds. The number of hydrogen-bond donors (Lipinski definition) is 0. The van der Waals surface area contributed by atoms with Gasteiger partial charge in [-0.05, 0) is 56.7 Å². The molecule has 0 unspecified atom stereocenters. The Morgan fingerprint density at radius 1 is 1.17 bits per heavy atom. The quantitative estimate of drug-likeness (QED) is 0.808. The summed E-state index contributed by atoms with van der Waals surface area (Å²) in [4.78, 5) is 11.2. The molecule has 0 spiro atoms. The third kappa shape index (κ3) is 3.86. The fraction of sp³-hybridized carbons (Fsp3) is 0.562. The van der Waals surface area contributed by atoms with Crippen LogP contribution in [-0.2, 0) is 11.2 Å². The van der Waals surface area contributed by atoms with Crippen molar-refractivity contribution in [1.29, 1.82) is 0 Å². The summed E-state index contributed by atoms with van der Waals surface area (Å²) in [5.74, 6) is 2.05. The van der Waals surface area contributed by atoms with Crippen LogP contribution in [0.4, 0.5) is 0 Å². The molecule has 0 N–H and O–H groups in total. The van der Waals surface area contributed by atoms with Crippen molar-refractivity contribution >= 4 is 5.78 Å². The largest absolute Gasteiger partial charge is 0.491 e. The lowest BCUT2D eigenvalue weighted by Gasteiger charge is -2.21. The summed E-state index contributed by atoms with van der Waals surface area (Å²) in [5, 5.41) is 0. The summed E-state index contributed by atoms with van der Waals surface area (Å²) >= 11 is 0. The Bertz CT molecular complexity index is 382. The Labute approximate surface area is 109 Å². The number of ketones is 1. The molecule has 2 nitrogen and oxygen atoms in total. The molecule has 2 rings (SSSR count). The van der Waals surface area contributed by atoms with Crippen molar-refractivity contribution in [3.05, 3.63) is 29.8 Å². The van der Waals surface area contributed by atoms with Gasteiger partial charge in [-0.15, -0.1) is 0 Å². The zero-order valence-electron chi connectivity index (χ0n) is 11.3. The van der Waals surface area contributed by atoms with Gasteiger partial charge in [0, 0.05) is 12.8 Å². The van der Waals surface area contributed by atoms with Crippen LogP contribution in [0.2, 0.25) is 0 Å². The zero-order chi connectivity index (χ0) is 13.0. The fourth-order valence-corrected chi connectivity index (χ4v) is 2.51. The topological polar surface area (TPSA) is 26.3 Å². The van der Waals surface area contributed by atoms with E-state index in [2.05, 4.69) is 12.1 Å². The van der Waals surface area contributed by atoms with E-state index in [0.29, 0.717) is 11.7 Å². The molecule has 1 aliphatic rings. The predicted octanol–water partition coefficient (Wildman–Crippen LogP) is 3.78. The van der Waals surface area contributed by atoms with Crippen LogP contribution < -0.4 is 4.74 Å². The van der Waals surface area contributed by atoms with E-state index in [9.17, 15) is 4.79 Å². The first-order chi connectivity index (χ1) is 8.63. The van der Waals surface area contributed by atoms with Gasteiger partial charge in [0.2, 0.25) is 0 Å². The normalized spacial score (nSPS) is 17.2. The molecule has 0 radical (unpaired) electrons. The summed E-state index contributed by atoms with van der Waals surface area (Å²) < 4.78 is 5.63. The monoisotopic (exact) mass is 246 g/mol. The van der Waals surface area contributed by atoms with E-state index >= 15 is 0 Å². The van der Waals surface area contributed by atoms with Gasteiger partial charge in [-0.3, -0.25) is 4.79 Å². The van der Waals surface area contributed by atoms with Crippen LogP contribution in [0, 0.1) is 5.92 Å². The lowest BCUT2D eigenvalue weighted by Crippen LogP contribution is -2.15.